The molecule has 1 aromatic rings. The van der Waals surface area contributed by atoms with Gasteiger partial charge in [-0.3, -0.25) is 4.79 Å². The maximum atomic E-state index is 12.9. The van der Waals surface area contributed by atoms with Gasteiger partial charge in [-0.05, 0) is 46.6 Å². The Morgan fingerprint density at radius 2 is 2.10 bits per heavy atom. The topological polar surface area (TPSA) is 45.5 Å². The van der Waals surface area contributed by atoms with Gasteiger partial charge in [0.15, 0.2) is 0 Å². The summed E-state index contributed by atoms with van der Waals surface area (Å²) in [5.41, 5.74) is 1.75. The van der Waals surface area contributed by atoms with E-state index in [4.69, 9.17) is 4.42 Å². The van der Waals surface area contributed by atoms with Crippen molar-refractivity contribution in [3.05, 3.63) is 22.6 Å². The number of aryl methyl sites for hydroxylation is 2. The molecule has 0 saturated carbocycles. The van der Waals surface area contributed by atoms with Crippen molar-refractivity contribution in [1.29, 1.82) is 0 Å². The van der Waals surface area contributed by atoms with Crippen molar-refractivity contribution < 1.29 is 9.21 Å². The van der Waals surface area contributed by atoms with E-state index in [2.05, 4.69) is 12.2 Å². The van der Waals surface area contributed by atoms with E-state index >= 15 is 0 Å². The van der Waals surface area contributed by atoms with E-state index in [1.165, 1.54) is 0 Å². The van der Waals surface area contributed by atoms with Crippen molar-refractivity contribution in [2.45, 2.75) is 53.0 Å². The first-order chi connectivity index (χ1) is 9.56. The van der Waals surface area contributed by atoms with Crippen molar-refractivity contribution in [3.63, 3.8) is 0 Å². The van der Waals surface area contributed by atoms with Crippen molar-refractivity contribution >= 4 is 5.91 Å². The van der Waals surface area contributed by atoms with Gasteiger partial charge in [0.1, 0.15) is 11.5 Å². The number of nitrogens with zero attached hydrogens (tertiary/aromatic N) is 1. The Morgan fingerprint density at radius 3 is 2.60 bits per heavy atom. The van der Waals surface area contributed by atoms with Crippen LogP contribution >= 0.6 is 0 Å². The smallest absolute Gasteiger partial charge is 0.257 e. The zero-order valence-electron chi connectivity index (χ0n) is 13.1. The number of carbonyl (C=O) groups is 1. The Morgan fingerprint density at radius 1 is 1.35 bits per heavy atom. The minimum atomic E-state index is 0.132. The van der Waals surface area contributed by atoms with E-state index in [1.807, 2.05) is 25.7 Å². The molecule has 0 aliphatic carbocycles. The maximum absolute atomic E-state index is 12.9. The van der Waals surface area contributed by atoms with Crippen LogP contribution in [-0.2, 0) is 0 Å². The zero-order chi connectivity index (χ0) is 14.7. The van der Waals surface area contributed by atoms with Crippen molar-refractivity contribution in [1.82, 2.24) is 10.2 Å². The molecule has 1 aromatic heterocycles. The van der Waals surface area contributed by atoms with Gasteiger partial charge in [-0.25, -0.2) is 0 Å². The number of rotatable bonds is 4. The third-order valence-electron chi connectivity index (χ3n) is 4.21. The molecule has 1 aliphatic heterocycles. The molecule has 2 heterocycles. The maximum Gasteiger partial charge on any atom is 0.257 e. The van der Waals surface area contributed by atoms with Crippen LogP contribution in [0.25, 0.3) is 0 Å². The van der Waals surface area contributed by atoms with E-state index in [0.717, 1.165) is 61.5 Å². The van der Waals surface area contributed by atoms with Crippen LogP contribution in [0.4, 0.5) is 0 Å². The van der Waals surface area contributed by atoms with Gasteiger partial charge in [0.2, 0.25) is 0 Å². The summed E-state index contributed by atoms with van der Waals surface area (Å²) in [5.74, 6) is 1.73. The third kappa shape index (κ3) is 2.90. The minimum Gasteiger partial charge on any atom is -0.466 e. The van der Waals surface area contributed by atoms with Gasteiger partial charge in [0.05, 0.1) is 5.56 Å². The summed E-state index contributed by atoms with van der Waals surface area (Å²) in [6, 6.07) is 0.310. The summed E-state index contributed by atoms with van der Waals surface area (Å²) in [6.07, 6.45) is 3.21. The first-order valence-electron chi connectivity index (χ1n) is 7.64. The molecule has 4 nitrogen and oxygen atoms in total. The van der Waals surface area contributed by atoms with Crippen LogP contribution < -0.4 is 5.32 Å². The Bertz CT molecular complexity index is 473. The monoisotopic (exact) mass is 278 g/mol. The van der Waals surface area contributed by atoms with Crippen LogP contribution in [0.1, 0.15) is 53.6 Å². The predicted molar refractivity (Wildman–Crippen MR) is 80.1 cm³/mol. The third-order valence-corrected chi connectivity index (χ3v) is 4.21. The Labute approximate surface area is 121 Å². The zero-order valence-corrected chi connectivity index (χ0v) is 13.1. The molecule has 0 radical (unpaired) electrons. The highest BCUT2D eigenvalue weighted by molar-refractivity contribution is 5.97. The van der Waals surface area contributed by atoms with Gasteiger partial charge < -0.3 is 14.6 Å². The van der Waals surface area contributed by atoms with Crippen molar-refractivity contribution in [3.8, 4) is 0 Å². The summed E-state index contributed by atoms with van der Waals surface area (Å²) in [4.78, 5) is 15.0. The molecule has 1 saturated heterocycles. The summed E-state index contributed by atoms with van der Waals surface area (Å²) in [6.45, 7) is 10.7. The highest BCUT2D eigenvalue weighted by Gasteiger charge is 2.29. The molecule has 1 atom stereocenters. The Kier molecular flexibility index (Phi) is 4.86. The molecule has 4 heteroatoms. The largest absolute Gasteiger partial charge is 0.466 e. The number of piperidine rings is 1. The second kappa shape index (κ2) is 6.44. The van der Waals surface area contributed by atoms with Crippen molar-refractivity contribution in [2.24, 2.45) is 0 Å². The fraction of sp³-hybridized carbons (Fsp3) is 0.688. The first kappa shape index (κ1) is 15.1. The van der Waals surface area contributed by atoms with Gasteiger partial charge >= 0.3 is 0 Å². The number of hydrogen-bond donors (Lipinski definition) is 1. The van der Waals surface area contributed by atoms with E-state index < -0.39 is 0 Å². The van der Waals surface area contributed by atoms with Gasteiger partial charge in [-0.15, -0.1) is 0 Å². The van der Waals surface area contributed by atoms with Gasteiger partial charge in [0, 0.05) is 24.7 Å². The quantitative estimate of drug-likeness (QED) is 0.921. The molecule has 1 N–H and O–H groups in total. The van der Waals surface area contributed by atoms with E-state index in [0.29, 0.717) is 6.04 Å². The summed E-state index contributed by atoms with van der Waals surface area (Å²) in [7, 11) is 0. The normalized spacial score (nSPS) is 19.1. The van der Waals surface area contributed by atoms with Crippen LogP contribution in [-0.4, -0.2) is 36.5 Å². The highest BCUT2D eigenvalue weighted by Crippen LogP contribution is 2.24. The fourth-order valence-electron chi connectivity index (χ4n) is 3.04. The fourth-order valence-corrected chi connectivity index (χ4v) is 3.04. The average Bonchev–Trinajstić information content (AvgIpc) is 2.70. The van der Waals surface area contributed by atoms with Gasteiger partial charge in [-0.1, -0.05) is 6.92 Å². The summed E-state index contributed by atoms with van der Waals surface area (Å²) in [5, 5.41) is 3.40. The highest BCUT2D eigenvalue weighted by atomic mass is 16.3. The lowest BCUT2D eigenvalue weighted by Crippen LogP contribution is -2.49. The van der Waals surface area contributed by atoms with Crippen LogP contribution in [0.3, 0.4) is 0 Å². The van der Waals surface area contributed by atoms with Crippen LogP contribution in [0.15, 0.2) is 4.42 Å². The number of furan rings is 1. The molecule has 0 bridgehead atoms. The van der Waals surface area contributed by atoms with Gasteiger partial charge in [0.25, 0.3) is 5.91 Å². The van der Waals surface area contributed by atoms with Crippen molar-refractivity contribution in [2.75, 3.05) is 19.6 Å². The lowest BCUT2D eigenvalue weighted by molar-refractivity contribution is 0.0646. The van der Waals surface area contributed by atoms with Crippen LogP contribution in [0, 0.1) is 20.8 Å². The molecule has 0 spiro atoms. The SMILES string of the molecule is CCCN(C(=O)c1c(C)oc(C)c1C)C1CCCNC1. The second-order valence-corrected chi connectivity index (χ2v) is 5.71. The molecular formula is C16H26N2O2. The lowest BCUT2D eigenvalue weighted by Gasteiger charge is -2.34. The molecule has 2 rings (SSSR count). The number of amides is 1. The Hall–Kier alpha value is -1.29. The molecule has 1 fully saturated rings. The molecule has 1 unspecified atom stereocenters. The number of carbonyl (C=O) groups excluding carboxylic acids is 1. The Balaban J connectivity index is 2.26. The standard InChI is InChI=1S/C16H26N2O2/c1-5-9-18(14-7-6-8-17-10-14)16(19)15-11(2)12(3)20-13(15)4/h14,17H,5-10H2,1-4H3. The number of nitrogens with one attached hydrogen (secondary N) is 1. The number of hydrogen-bond acceptors (Lipinski definition) is 3. The molecule has 20 heavy (non-hydrogen) atoms. The lowest BCUT2D eigenvalue weighted by atomic mass is 10.0. The van der Waals surface area contributed by atoms with E-state index in [-0.39, 0.29) is 5.91 Å². The van der Waals surface area contributed by atoms with E-state index in [1.54, 1.807) is 0 Å². The summed E-state index contributed by atoms with van der Waals surface area (Å²) >= 11 is 0. The average molecular weight is 278 g/mol. The molecule has 0 aromatic carbocycles. The van der Waals surface area contributed by atoms with Gasteiger partial charge in [-0.2, -0.15) is 0 Å². The van der Waals surface area contributed by atoms with Crippen LogP contribution in [0.2, 0.25) is 0 Å². The molecule has 1 aliphatic rings. The molecule has 112 valence electrons. The predicted octanol–water partition coefficient (Wildman–Crippen LogP) is 2.81. The second-order valence-electron chi connectivity index (χ2n) is 5.71. The minimum absolute atomic E-state index is 0.132. The van der Waals surface area contributed by atoms with E-state index in [9.17, 15) is 4.79 Å². The first-order valence-corrected chi connectivity index (χ1v) is 7.64. The molecule has 1 amide bonds. The molecular weight excluding hydrogens is 252 g/mol. The summed E-state index contributed by atoms with van der Waals surface area (Å²) < 4.78 is 5.62. The van der Waals surface area contributed by atoms with Crippen LogP contribution in [0.5, 0.6) is 0 Å².